The molecule has 1 aromatic heterocycles. The van der Waals surface area contributed by atoms with Crippen molar-refractivity contribution in [2.75, 3.05) is 19.6 Å². The van der Waals surface area contributed by atoms with Crippen molar-refractivity contribution in [3.63, 3.8) is 0 Å². The maximum absolute atomic E-state index is 14.6. The maximum atomic E-state index is 14.6. The summed E-state index contributed by atoms with van der Waals surface area (Å²) in [5, 5.41) is 0. The van der Waals surface area contributed by atoms with Crippen molar-refractivity contribution in [1.29, 1.82) is 0 Å². The van der Waals surface area contributed by atoms with Crippen LogP contribution in [0.3, 0.4) is 0 Å². The van der Waals surface area contributed by atoms with E-state index in [1.807, 2.05) is 0 Å². The van der Waals surface area contributed by atoms with Gasteiger partial charge in [0.05, 0.1) is 11.0 Å². The number of fused-ring (bicyclic) bond motifs is 3. The van der Waals surface area contributed by atoms with Gasteiger partial charge in [-0.25, -0.2) is 22.5 Å². The highest BCUT2D eigenvalue weighted by molar-refractivity contribution is 7.89. The molecule has 48 heavy (non-hydrogen) atoms. The number of carbonyl (C=O) groups is 1. The Hall–Kier alpha value is -3.60. The van der Waals surface area contributed by atoms with E-state index in [1.54, 1.807) is 18.7 Å². The van der Waals surface area contributed by atoms with Gasteiger partial charge in [-0.2, -0.15) is 0 Å². The van der Waals surface area contributed by atoms with Gasteiger partial charge in [-0.15, -0.1) is 0 Å². The molecule has 0 spiro atoms. The van der Waals surface area contributed by atoms with Crippen molar-refractivity contribution >= 4 is 27.0 Å². The van der Waals surface area contributed by atoms with Crippen LogP contribution in [0.5, 0.6) is 0 Å². The summed E-state index contributed by atoms with van der Waals surface area (Å²) in [6.45, 7) is 7.62. The van der Waals surface area contributed by atoms with Gasteiger partial charge in [-0.1, -0.05) is 42.5 Å². The zero-order valence-electron chi connectivity index (χ0n) is 28.1. The molecular formula is C38H46FN5O3S. The summed E-state index contributed by atoms with van der Waals surface area (Å²) in [6, 6.07) is 24.0. The third kappa shape index (κ3) is 6.18. The van der Waals surface area contributed by atoms with Crippen LogP contribution in [0, 0.1) is 12.7 Å². The van der Waals surface area contributed by atoms with E-state index in [9.17, 15) is 17.6 Å². The number of aryl methyl sites for hydroxylation is 1. The monoisotopic (exact) mass is 671 g/mol. The number of para-hydroxylation sites is 2. The van der Waals surface area contributed by atoms with Gasteiger partial charge < -0.3 is 9.47 Å². The minimum absolute atomic E-state index is 0.0655. The summed E-state index contributed by atoms with van der Waals surface area (Å²) in [7, 11) is -4.09. The number of imidazole rings is 1. The van der Waals surface area contributed by atoms with Crippen LogP contribution >= 0.6 is 0 Å². The molecule has 1 amide bonds. The Bertz CT molecular complexity index is 1890. The number of piperidine rings is 2. The number of rotatable bonds is 9. The lowest BCUT2D eigenvalue weighted by atomic mass is 9.70. The van der Waals surface area contributed by atoms with Crippen molar-refractivity contribution in [3.05, 3.63) is 95.6 Å². The third-order valence-corrected chi connectivity index (χ3v) is 12.8. The molecule has 3 atom stereocenters. The molecular weight excluding hydrogens is 626 g/mol. The molecule has 3 aliphatic rings. The SMILES string of the molecule is Cc1nc2ccccc2n1[C@H]1C[C@H]2CC[C@@H](C1)N2CCC1(c2ccccc2)CCN(C(=O)c2ccc(F)c(S(=O)(=O)NC(C)C)c2)CC1. The van der Waals surface area contributed by atoms with Crippen LogP contribution in [0.1, 0.15) is 86.6 Å². The number of halogens is 1. The number of aromatic nitrogens is 2. The zero-order chi connectivity index (χ0) is 33.6. The molecule has 0 saturated carbocycles. The van der Waals surface area contributed by atoms with E-state index in [0.717, 1.165) is 56.1 Å². The molecule has 4 aromatic rings. The first-order chi connectivity index (χ1) is 23.0. The molecule has 3 saturated heterocycles. The molecule has 3 aromatic carbocycles. The highest BCUT2D eigenvalue weighted by Gasteiger charge is 2.44. The van der Waals surface area contributed by atoms with Gasteiger partial charge in [-0.05, 0) is 114 Å². The van der Waals surface area contributed by atoms with Crippen LogP contribution in [0.25, 0.3) is 11.0 Å². The van der Waals surface area contributed by atoms with Gasteiger partial charge in [-0.3, -0.25) is 9.69 Å². The number of hydrogen-bond acceptors (Lipinski definition) is 5. The van der Waals surface area contributed by atoms with Gasteiger partial charge in [0.2, 0.25) is 10.0 Å². The first-order valence-corrected chi connectivity index (χ1v) is 18.9. The molecule has 8 nitrogen and oxygen atoms in total. The number of amides is 1. The van der Waals surface area contributed by atoms with Crippen molar-refractivity contribution in [2.24, 2.45) is 0 Å². The van der Waals surface area contributed by atoms with E-state index < -0.39 is 26.8 Å². The van der Waals surface area contributed by atoms with E-state index in [4.69, 9.17) is 4.98 Å². The minimum atomic E-state index is -4.09. The first kappa shape index (κ1) is 32.9. The van der Waals surface area contributed by atoms with Gasteiger partial charge >= 0.3 is 0 Å². The largest absolute Gasteiger partial charge is 0.339 e. The number of nitrogens with one attached hydrogen (secondary N) is 1. The van der Waals surface area contributed by atoms with Crippen LogP contribution in [-0.4, -0.2) is 71.4 Å². The van der Waals surface area contributed by atoms with Crippen molar-refractivity contribution in [3.8, 4) is 0 Å². The zero-order valence-corrected chi connectivity index (χ0v) is 28.9. The molecule has 0 unspecified atom stereocenters. The number of sulfonamides is 1. The fourth-order valence-corrected chi connectivity index (χ4v) is 10.2. The quantitative estimate of drug-likeness (QED) is 0.217. The van der Waals surface area contributed by atoms with Crippen LogP contribution in [-0.2, 0) is 15.4 Å². The van der Waals surface area contributed by atoms with Crippen LogP contribution in [0.15, 0.2) is 77.7 Å². The first-order valence-electron chi connectivity index (χ1n) is 17.4. The molecule has 254 valence electrons. The van der Waals surface area contributed by atoms with Gasteiger partial charge in [0.1, 0.15) is 16.5 Å². The lowest BCUT2D eigenvalue weighted by Gasteiger charge is -2.45. The molecule has 0 aliphatic carbocycles. The predicted molar refractivity (Wildman–Crippen MR) is 186 cm³/mol. The average Bonchev–Trinajstić information content (AvgIpc) is 3.53. The summed E-state index contributed by atoms with van der Waals surface area (Å²) in [5.41, 5.74) is 3.75. The van der Waals surface area contributed by atoms with Gasteiger partial charge in [0.25, 0.3) is 5.91 Å². The number of nitrogens with zero attached hydrogens (tertiary/aromatic N) is 4. The van der Waals surface area contributed by atoms with Gasteiger partial charge in [0.15, 0.2) is 0 Å². The van der Waals surface area contributed by atoms with Gasteiger partial charge in [0, 0.05) is 42.8 Å². The molecule has 3 aliphatic heterocycles. The molecule has 4 heterocycles. The highest BCUT2D eigenvalue weighted by Crippen LogP contribution is 2.45. The van der Waals surface area contributed by atoms with E-state index in [-0.39, 0.29) is 16.9 Å². The average molecular weight is 672 g/mol. The van der Waals surface area contributed by atoms with Crippen molar-refractivity contribution < 1.29 is 17.6 Å². The van der Waals surface area contributed by atoms with E-state index in [1.165, 1.54) is 36.1 Å². The smallest absolute Gasteiger partial charge is 0.253 e. The maximum Gasteiger partial charge on any atom is 0.253 e. The van der Waals surface area contributed by atoms with E-state index >= 15 is 0 Å². The second-order valence-electron chi connectivity index (χ2n) is 14.4. The third-order valence-electron chi connectivity index (χ3n) is 11.1. The second kappa shape index (κ2) is 13.0. The number of carbonyl (C=O) groups excluding carboxylic acids is 1. The van der Waals surface area contributed by atoms with Crippen LogP contribution in [0.4, 0.5) is 4.39 Å². The minimum Gasteiger partial charge on any atom is -0.339 e. The summed E-state index contributed by atoms with van der Waals surface area (Å²) < 4.78 is 45.1. The molecule has 10 heteroatoms. The van der Waals surface area contributed by atoms with Crippen LogP contribution < -0.4 is 4.72 Å². The predicted octanol–water partition coefficient (Wildman–Crippen LogP) is 6.60. The standard InChI is InChI=1S/C38H46FN5O3S/c1-26(2)41-48(46,47)36-23-28(13-16-33(36)39)37(45)42-20-17-38(18-21-42,29-9-5-4-6-10-29)19-22-43-30-14-15-31(43)25-32(24-30)44-27(3)40-34-11-7-8-12-35(34)44/h4-13,16,23,26,30-32,41H,14-15,17-22,24-25H2,1-3H3/t30-,31+,32+. The molecule has 1 N–H and O–H groups in total. The fourth-order valence-electron chi connectivity index (χ4n) is 8.80. The topological polar surface area (TPSA) is 87.5 Å². The lowest BCUT2D eigenvalue weighted by Crippen LogP contribution is -2.49. The number of hydrogen-bond donors (Lipinski definition) is 1. The van der Waals surface area contributed by atoms with Crippen LogP contribution in [0.2, 0.25) is 0 Å². The normalized spacial score (nSPS) is 22.9. The molecule has 3 fully saturated rings. The Kier molecular flexibility index (Phi) is 8.93. The Morgan fingerprint density at radius 1 is 0.958 bits per heavy atom. The Morgan fingerprint density at radius 3 is 2.31 bits per heavy atom. The Labute approximate surface area is 283 Å². The van der Waals surface area contributed by atoms with Crippen molar-refractivity contribution in [1.82, 2.24) is 24.1 Å². The summed E-state index contributed by atoms with van der Waals surface area (Å²) in [5.74, 6) is -0.0304. The van der Waals surface area contributed by atoms with E-state index in [0.29, 0.717) is 31.2 Å². The highest BCUT2D eigenvalue weighted by atomic mass is 32.2. The molecule has 7 rings (SSSR count). The second-order valence-corrected chi connectivity index (χ2v) is 16.1. The molecule has 2 bridgehead atoms. The van der Waals surface area contributed by atoms with Crippen molar-refractivity contribution in [2.45, 2.75) is 100 Å². The lowest BCUT2D eigenvalue weighted by molar-refractivity contribution is 0.0606. The summed E-state index contributed by atoms with van der Waals surface area (Å²) in [4.78, 5) is 22.6. The number of likely N-dealkylation sites (tertiary alicyclic amines) is 1. The number of benzene rings is 3. The summed E-state index contributed by atoms with van der Waals surface area (Å²) in [6.07, 6.45) is 7.39. The fraction of sp³-hybridized carbons (Fsp3) is 0.474. The molecule has 0 radical (unpaired) electrons. The Morgan fingerprint density at radius 2 is 1.62 bits per heavy atom. The Balaban J connectivity index is 1.06. The summed E-state index contributed by atoms with van der Waals surface area (Å²) >= 11 is 0. The van der Waals surface area contributed by atoms with E-state index in [2.05, 4.69) is 75.7 Å².